The number of ketones is 1. The Morgan fingerprint density at radius 1 is 1.53 bits per heavy atom. The van der Waals surface area contributed by atoms with Crippen molar-refractivity contribution < 1.29 is 9.53 Å². The second-order valence-electron chi connectivity index (χ2n) is 4.53. The summed E-state index contributed by atoms with van der Waals surface area (Å²) < 4.78 is 5.74. The van der Waals surface area contributed by atoms with E-state index in [4.69, 9.17) is 4.74 Å². The molecule has 0 N–H and O–H groups in total. The van der Waals surface area contributed by atoms with Crippen LogP contribution in [-0.2, 0) is 9.53 Å². The molecule has 0 spiro atoms. The fraction of sp³-hybridized carbons (Fsp3) is 0.769. The van der Waals surface area contributed by atoms with Crippen molar-refractivity contribution in [1.82, 2.24) is 0 Å². The van der Waals surface area contributed by atoms with E-state index in [0.717, 1.165) is 31.6 Å². The van der Waals surface area contributed by atoms with Crippen molar-refractivity contribution in [3.8, 4) is 0 Å². The van der Waals surface area contributed by atoms with E-state index in [-0.39, 0.29) is 5.78 Å². The highest BCUT2D eigenvalue weighted by atomic mass is 16.5. The third-order valence-corrected chi connectivity index (χ3v) is 3.34. The molecule has 1 aliphatic carbocycles. The van der Waals surface area contributed by atoms with Crippen molar-refractivity contribution >= 4 is 5.78 Å². The lowest BCUT2D eigenvalue weighted by atomic mass is 9.76. The Hall–Kier alpha value is -0.630. The molecule has 0 heterocycles. The molecule has 1 fully saturated rings. The summed E-state index contributed by atoms with van der Waals surface area (Å²) in [5.74, 6) is 0.946. The first kappa shape index (κ1) is 12.4. The Kier molecular flexibility index (Phi) is 4.52. The molecule has 0 atom stereocenters. The Morgan fingerprint density at radius 3 is 2.60 bits per heavy atom. The topological polar surface area (TPSA) is 26.3 Å². The van der Waals surface area contributed by atoms with Gasteiger partial charge in [-0.15, -0.1) is 6.58 Å². The van der Waals surface area contributed by atoms with E-state index in [0.29, 0.717) is 13.0 Å². The van der Waals surface area contributed by atoms with Gasteiger partial charge < -0.3 is 4.74 Å². The Morgan fingerprint density at radius 2 is 2.13 bits per heavy atom. The molecule has 2 heteroatoms. The average molecular weight is 210 g/mol. The monoisotopic (exact) mass is 210 g/mol. The van der Waals surface area contributed by atoms with E-state index in [1.165, 1.54) is 0 Å². The summed E-state index contributed by atoms with van der Waals surface area (Å²) >= 11 is 0. The second kappa shape index (κ2) is 5.45. The molecular weight excluding hydrogens is 188 g/mol. The molecule has 0 radical (unpaired) electrons. The van der Waals surface area contributed by atoms with Crippen molar-refractivity contribution in [3.63, 3.8) is 0 Å². The van der Waals surface area contributed by atoms with Gasteiger partial charge in [-0.05, 0) is 38.5 Å². The highest BCUT2D eigenvalue weighted by Gasteiger charge is 2.40. The molecule has 0 aliphatic heterocycles. The average Bonchev–Trinajstić information content (AvgIpc) is 2.22. The lowest BCUT2D eigenvalue weighted by Gasteiger charge is -2.37. The second-order valence-corrected chi connectivity index (χ2v) is 4.53. The van der Waals surface area contributed by atoms with Crippen LogP contribution in [0.4, 0.5) is 0 Å². The number of carbonyl (C=O) groups excluding carboxylic acids is 1. The van der Waals surface area contributed by atoms with Crippen LogP contribution < -0.4 is 0 Å². The van der Waals surface area contributed by atoms with Gasteiger partial charge in [0.1, 0.15) is 5.60 Å². The van der Waals surface area contributed by atoms with Crippen LogP contribution in [0.1, 0.15) is 46.0 Å². The van der Waals surface area contributed by atoms with E-state index in [1.807, 2.05) is 6.92 Å². The van der Waals surface area contributed by atoms with Crippen LogP contribution in [0, 0.1) is 5.92 Å². The SMILES string of the molecule is C=CCC(=O)C1(OCC)CCC(C)CC1. The Balaban J connectivity index is 2.69. The highest BCUT2D eigenvalue weighted by molar-refractivity contribution is 5.88. The van der Waals surface area contributed by atoms with Gasteiger partial charge in [0, 0.05) is 13.0 Å². The summed E-state index contributed by atoms with van der Waals surface area (Å²) in [4.78, 5) is 12.0. The van der Waals surface area contributed by atoms with Crippen molar-refractivity contribution in [2.45, 2.75) is 51.6 Å². The minimum Gasteiger partial charge on any atom is -0.367 e. The van der Waals surface area contributed by atoms with Gasteiger partial charge in [-0.25, -0.2) is 0 Å². The number of allylic oxidation sites excluding steroid dienone is 1. The molecule has 1 saturated carbocycles. The summed E-state index contributed by atoms with van der Waals surface area (Å²) in [7, 11) is 0. The minimum atomic E-state index is -0.491. The van der Waals surface area contributed by atoms with Crippen LogP contribution >= 0.6 is 0 Å². The normalized spacial score (nSPS) is 31.2. The van der Waals surface area contributed by atoms with Gasteiger partial charge in [-0.3, -0.25) is 4.79 Å². The third kappa shape index (κ3) is 2.91. The van der Waals surface area contributed by atoms with Crippen molar-refractivity contribution in [1.29, 1.82) is 0 Å². The summed E-state index contributed by atoms with van der Waals surface area (Å²) in [6.07, 6.45) is 6.09. The predicted octanol–water partition coefficient (Wildman–Crippen LogP) is 3.12. The first-order chi connectivity index (χ1) is 7.14. The summed E-state index contributed by atoms with van der Waals surface area (Å²) in [6, 6.07) is 0. The molecule has 1 rings (SSSR count). The van der Waals surface area contributed by atoms with Crippen LogP contribution in [-0.4, -0.2) is 18.0 Å². The molecule has 0 amide bonds. The number of ether oxygens (including phenoxy) is 1. The van der Waals surface area contributed by atoms with E-state index in [9.17, 15) is 4.79 Å². The smallest absolute Gasteiger partial charge is 0.168 e. The molecule has 86 valence electrons. The number of Topliss-reactive ketones (excluding diaryl/α,β-unsaturated/α-hetero) is 1. The predicted molar refractivity (Wildman–Crippen MR) is 61.8 cm³/mol. The van der Waals surface area contributed by atoms with E-state index in [2.05, 4.69) is 13.5 Å². The Labute approximate surface area is 92.7 Å². The maximum atomic E-state index is 12.0. The minimum absolute atomic E-state index is 0.214. The van der Waals surface area contributed by atoms with E-state index in [1.54, 1.807) is 6.08 Å². The molecule has 0 aromatic rings. The molecule has 0 unspecified atom stereocenters. The molecule has 0 aromatic carbocycles. The van der Waals surface area contributed by atoms with E-state index < -0.39 is 5.60 Å². The van der Waals surface area contributed by atoms with Crippen LogP contribution in [0.25, 0.3) is 0 Å². The number of hydrogen-bond donors (Lipinski definition) is 0. The zero-order valence-electron chi connectivity index (χ0n) is 9.92. The van der Waals surface area contributed by atoms with Gasteiger partial charge in [0.15, 0.2) is 5.78 Å². The summed E-state index contributed by atoms with van der Waals surface area (Å²) in [5.41, 5.74) is -0.491. The molecule has 0 aromatic heterocycles. The van der Waals surface area contributed by atoms with Gasteiger partial charge >= 0.3 is 0 Å². The summed E-state index contributed by atoms with van der Waals surface area (Å²) in [6.45, 7) is 8.45. The van der Waals surface area contributed by atoms with Crippen molar-refractivity contribution in [3.05, 3.63) is 12.7 Å². The maximum Gasteiger partial charge on any atom is 0.168 e. The largest absolute Gasteiger partial charge is 0.367 e. The molecule has 15 heavy (non-hydrogen) atoms. The van der Waals surface area contributed by atoms with Crippen molar-refractivity contribution in [2.24, 2.45) is 5.92 Å². The van der Waals surface area contributed by atoms with E-state index >= 15 is 0 Å². The molecule has 2 nitrogen and oxygen atoms in total. The number of rotatable bonds is 5. The lowest BCUT2D eigenvalue weighted by molar-refractivity contribution is -0.149. The van der Waals surface area contributed by atoms with Crippen LogP contribution in [0.3, 0.4) is 0 Å². The van der Waals surface area contributed by atoms with Gasteiger partial charge in [-0.2, -0.15) is 0 Å². The highest BCUT2D eigenvalue weighted by Crippen LogP contribution is 2.36. The fourth-order valence-electron chi connectivity index (χ4n) is 2.33. The van der Waals surface area contributed by atoms with Crippen LogP contribution in [0.2, 0.25) is 0 Å². The molecule has 0 bridgehead atoms. The van der Waals surface area contributed by atoms with Gasteiger partial charge in [0.05, 0.1) is 0 Å². The molecule has 1 aliphatic rings. The quantitative estimate of drug-likeness (QED) is 0.652. The van der Waals surface area contributed by atoms with Gasteiger partial charge in [0.2, 0.25) is 0 Å². The number of hydrogen-bond acceptors (Lipinski definition) is 2. The van der Waals surface area contributed by atoms with Crippen molar-refractivity contribution in [2.75, 3.05) is 6.61 Å². The molecule has 0 saturated heterocycles. The summed E-state index contributed by atoms with van der Waals surface area (Å²) in [5, 5.41) is 0. The Bertz CT molecular complexity index is 225. The fourth-order valence-corrected chi connectivity index (χ4v) is 2.33. The zero-order chi connectivity index (χ0) is 11.3. The van der Waals surface area contributed by atoms with Crippen LogP contribution in [0.5, 0.6) is 0 Å². The first-order valence-corrected chi connectivity index (χ1v) is 5.93. The maximum absolute atomic E-state index is 12.0. The third-order valence-electron chi connectivity index (χ3n) is 3.34. The zero-order valence-corrected chi connectivity index (χ0v) is 9.92. The van der Waals surface area contributed by atoms with Crippen LogP contribution in [0.15, 0.2) is 12.7 Å². The van der Waals surface area contributed by atoms with Gasteiger partial charge in [-0.1, -0.05) is 13.0 Å². The first-order valence-electron chi connectivity index (χ1n) is 5.93. The molecular formula is C13H22O2. The lowest BCUT2D eigenvalue weighted by Crippen LogP contribution is -2.44. The standard InChI is InChI=1S/C13H22O2/c1-4-6-12(14)13(15-5-2)9-7-11(3)8-10-13/h4,11H,1,5-10H2,2-3H3. The number of carbonyl (C=O) groups is 1. The van der Waals surface area contributed by atoms with Gasteiger partial charge in [0.25, 0.3) is 0 Å².